The fourth-order valence-electron chi connectivity index (χ4n) is 15.0. The van der Waals surface area contributed by atoms with Crippen molar-refractivity contribution in [2.45, 2.75) is 162 Å². The topological polar surface area (TPSA) is 115 Å². The first-order chi connectivity index (χ1) is 41.1. The molecular weight excluding hydrogens is 1060 g/mol. The largest absolute Gasteiger partial charge is 0.355 e. The quantitative estimate of drug-likeness (QED) is 0.109. The molecule has 13 rings (SSSR count). The summed E-state index contributed by atoms with van der Waals surface area (Å²) in [6.07, 6.45) is 7.02. The van der Waals surface area contributed by atoms with Crippen molar-refractivity contribution in [1.29, 1.82) is 0 Å². The number of fused-ring (bicyclic) bond motifs is 19. The highest BCUT2D eigenvalue weighted by atomic mass is 32.1. The van der Waals surface area contributed by atoms with Crippen LogP contribution in [0.3, 0.4) is 0 Å². The van der Waals surface area contributed by atoms with Crippen LogP contribution in [-0.2, 0) is 25.7 Å². The maximum atomic E-state index is 5.84. The third-order valence-corrected chi connectivity index (χ3v) is 21.1. The number of aryl methyl sites for hydroxylation is 8. The molecule has 0 saturated carbocycles. The standard InChI is InChI=1S/C76H80N8S/c1-17-45-37(9)57-31-61-41(13)51(23-7)73(81-61)69(71-43(15)49(21-5)67(83-71)35-65-47(19-3)39(11)59(79-65)33-63(45)77-57)55-29-25-27-53-54-28-26-30-56(76(54)85-75(53)55)70-72-44(16)50(22-6)68(84-72)36-66-48(20-4)40(12)60(80-66)34-64-46(18-2)38(10)58(78-64)32-62-42(14)52(24-8)74(70)82-62/h25-36,79-82H,17-24H2,1-16H3. The van der Waals surface area contributed by atoms with Crippen LogP contribution >= 0.6 is 11.3 Å². The molecule has 0 fully saturated rings. The average Bonchev–Trinajstić information content (AvgIpc) is 4.58. The van der Waals surface area contributed by atoms with Gasteiger partial charge in [0.1, 0.15) is 0 Å². The van der Waals surface area contributed by atoms with E-state index < -0.39 is 0 Å². The van der Waals surface area contributed by atoms with Gasteiger partial charge in [0.25, 0.3) is 0 Å². The second-order valence-corrected chi connectivity index (χ2v) is 24.9. The van der Waals surface area contributed by atoms with Crippen LogP contribution < -0.4 is 0 Å². The van der Waals surface area contributed by atoms with Gasteiger partial charge in [-0.15, -0.1) is 11.3 Å². The van der Waals surface area contributed by atoms with Crippen molar-refractivity contribution in [3.8, 4) is 22.3 Å². The van der Waals surface area contributed by atoms with Crippen LogP contribution in [0.5, 0.6) is 0 Å². The highest BCUT2D eigenvalue weighted by Gasteiger charge is 2.29. The van der Waals surface area contributed by atoms with E-state index in [1.807, 2.05) is 11.3 Å². The summed E-state index contributed by atoms with van der Waals surface area (Å²) in [6, 6.07) is 27.8. The molecule has 85 heavy (non-hydrogen) atoms. The lowest BCUT2D eigenvalue weighted by atomic mass is 9.93. The van der Waals surface area contributed by atoms with E-state index in [0.717, 1.165) is 152 Å². The molecule has 9 aromatic rings. The van der Waals surface area contributed by atoms with Crippen LogP contribution in [0.4, 0.5) is 0 Å². The summed E-state index contributed by atoms with van der Waals surface area (Å²) in [7, 11) is 0. The predicted octanol–water partition coefficient (Wildman–Crippen LogP) is 21.5. The molecule has 8 nitrogen and oxygen atoms in total. The van der Waals surface area contributed by atoms with Gasteiger partial charge in [-0.2, -0.15) is 0 Å². The van der Waals surface area contributed by atoms with E-state index in [-0.39, 0.29) is 0 Å². The van der Waals surface area contributed by atoms with Gasteiger partial charge in [0.15, 0.2) is 0 Å². The van der Waals surface area contributed by atoms with Gasteiger partial charge >= 0.3 is 0 Å². The van der Waals surface area contributed by atoms with Crippen molar-refractivity contribution in [1.82, 2.24) is 39.9 Å². The molecule has 0 radical (unpaired) electrons. The lowest BCUT2D eigenvalue weighted by Crippen LogP contribution is -1.91. The van der Waals surface area contributed by atoms with Crippen LogP contribution in [0, 0.1) is 27.7 Å². The van der Waals surface area contributed by atoms with Crippen LogP contribution in [0.15, 0.2) is 72.8 Å². The van der Waals surface area contributed by atoms with Gasteiger partial charge in [0.2, 0.25) is 0 Å². The monoisotopic (exact) mass is 1140 g/mol. The summed E-state index contributed by atoms with van der Waals surface area (Å²) in [5.41, 5.74) is 41.9. The zero-order valence-electron chi connectivity index (χ0n) is 52.8. The number of allylic oxidation sites excluding steroid dienone is 8. The number of hydrogen-bond acceptors (Lipinski definition) is 5. The third kappa shape index (κ3) is 8.56. The van der Waals surface area contributed by atoms with Crippen molar-refractivity contribution >= 4 is 120 Å². The first-order valence-corrected chi connectivity index (χ1v) is 32.2. The van der Waals surface area contributed by atoms with Gasteiger partial charge in [0.05, 0.1) is 56.6 Å². The molecule has 0 spiro atoms. The van der Waals surface area contributed by atoms with Crippen molar-refractivity contribution in [2.24, 2.45) is 0 Å². The highest BCUT2D eigenvalue weighted by molar-refractivity contribution is 7.27. The van der Waals surface area contributed by atoms with Crippen LogP contribution in [-0.4, -0.2) is 39.9 Å². The molecule has 430 valence electrons. The maximum Gasteiger partial charge on any atom is 0.0769 e. The van der Waals surface area contributed by atoms with Gasteiger partial charge in [0, 0.05) is 75.5 Å². The summed E-state index contributed by atoms with van der Waals surface area (Å²) in [5.74, 6) is 0. The third-order valence-electron chi connectivity index (χ3n) is 19.8. The molecule has 9 heteroatoms. The molecule has 0 amide bonds. The molecule has 2 aromatic carbocycles. The van der Waals surface area contributed by atoms with E-state index in [9.17, 15) is 0 Å². The number of aromatic amines is 4. The zero-order chi connectivity index (χ0) is 59.6. The number of aromatic nitrogens is 8. The molecule has 4 aliphatic rings. The Bertz CT molecular complexity index is 4580. The SMILES string of the molecule is CCC1=C(C)c2cc3[nH]c(c(CC)c3C)c(-c3cccc4c3sc3c(-c5c6nc(cc7[nH]c(cc8nc(cc9[nH]c5c(CC)c9C)C(C)=C8CC)c(C)c7CC)C(CC)=C6C)cccc34)c3nc(cc4[nH]c(cc1n2)c(C)c4CC)C(CC)=C3C. The van der Waals surface area contributed by atoms with Crippen LogP contribution in [0.25, 0.3) is 131 Å². The number of thiophene rings is 1. The van der Waals surface area contributed by atoms with Gasteiger partial charge < -0.3 is 19.9 Å². The average molecular weight is 1140 g/mol. The molecule has 0 atom stereocenters. The van der Waals surface area contributed by atoms with Crippen molar-refractivity contribution in [2.75, 3.05) is 0 Å². The summed E-state index contributed by atoms with van der Waals surface area (Å²) < 4.78 is 2.47. The number of nitrogens with one attached hydrogen (secondary N) is 4. The fraction of sp³-hybridized carbons (Fsp3) is 0.316. The van der Waals surface area contributed by atoms with Crippen molar-refractivity contribution in [3.05, 3.63) is 163 Å². The van der Waals surface area contributed by atoms with E-state index in [1.165, 1.54) is 120 Å². The number of H-pyrrole nitrogens is 4. The van der Waals surface area contributed by atoms with Gasteiger partial charge in [-0.25, -0.2) is 19.9 Å². The zero-order valence-corrected chi connectivity index (χ0v) is 53.6. The van der Waals surface area contributed by atoms with Gasteiger partial charge in [-0.3, -0.25) is 0 Å². The van der Waals surface area contributed by atoms with Crippen LogP contribution in [0.1, 0.15) is 199 Å². The number of benzene rings is 2. The Morgan fingerprint density at radius 1 is 0.329 bits per heavy atom. The Labute approximate surface area is 504 Å². The Morgan fingerprint density at radius 3 is 1.01 bits per heavy atom. The molecule has 7 aromatic heterocycles. The molecule has 0 saturated heterocycles. The van der Waals surface area contributed by atoms with E-state index in [2.05, 4.69) is 204 Å². The first-order valence-electron chi connectivity index (χ1n) is 31.4. The molecule has 4 aliphatic heterocycles. The second-order valence-electron chi connectivity index (χ2n) is 23.9. The van der Waals surface area contributed by atoms with Crippen LogP contribution in [0.2, 0.25) is 0 Å². The van der Waals surface area contributed by atoms with E-state index >= 15 is 0 Å². The van der Waals surface area contributed by atoms with E-state index in [0.29, 0.717) is 0 Å². The number of nitrogens with zero attached hydrogens (tertiary/aromatic N) is 4. The summed E-state index contributed by atoms with van der Waals surface area (Å²) in [5, 5.41) is 2.46. The normalized spacial score (nSPS) is 13.8. The van der Waals surface area contributed by atoms with E-state index in [4.69, 9.17) is 19.9 Å². The second kappa shape index (κ2) is 21.4. The summed E-state index contributed by atoms with van der Waals surface area (Å²) in [4.78, 5) is 38.6. The number of rotatable bonds is 10. The van der Waals surface area contributed by atoms with E-state index in [1.54, 1.807) is 0 Å². The minimum absolute atomic E-state index is 0.848. The predicted molar refractivity (Wildman–Crippen MR) is 367 cm³/mol. The lowest BCUT2D eigenvalue weighted by molar-refractivity contribution is 1.14. The lowest BCUT2D eigenvalue weighted by Gasteiger charge is -2.10. The molecular formula is C76H80N8S. The van der Waals surface area contributed by atoms with Crippen molar-refractivity contribution in [3.63, 3.8) is 0 Å². The molecule has 11 heterocycles. The molecule has 0 unspecified atom stereocenters. The first kappa shape index (κ1) is 56.0. The summed E-state index contributed by atoms with van der Waals surface area (Å²) in [6.45, 7) is 36.4. The molecule has 4 N–H and O–H groups in total. The minimum Gasteiger partial charge on any atom is -0.355 e. The van der Waals surface area contributed by atoms with Gasteiger partial charge in [-0.05, 0) is 232 Å². The maximum absolute atomic E-state index is 5.84. The smallest absolute Gasteiger partial charge is 0.0769 e. The van der Waals surface area contributed by atoms with Crippen molar-refractivity contribution < 1.29 is 0 Å². The Kier molecular flexibility index (Phi) is 14.1. The number of hydrogen-bond donors (Lipinski definition) is 4. The summed E-state index contributed by atoms with van der Waals surface area (Å²) >= 11 is 1.91. The Hall–Kier alpha value is -8.14. The fourth-order valence-corrected chi connectivity index (χ4v) is 16.3. The van der Waals surface area contributed by atoms with Gasteiger partial charge in [-0.1, -0.05) is 91.8 Å². The highest BCUT2D eigenvalue weighted by Crippen LogP contribution is 2.51. The molecule has 0 aliphatic carbocycles. The minimum atomic E-state index is 0.848. The Balaban J connectivity index is 1.18. The Morgan fingerprint density at radius 2 is 0.647 bits per heavy atom. The molecule has 16 bridgehead atoms.